The van der Waals surface area contributed by atoms with Crippen LogP contribution in [-0.2, 0) is 9.47 Å². The Morgan fingerprint density at radius 1 is 0.806 bits per heavy atom. The van der Waals surface area contributed by atoms with Gasteiger partial charge in [-0.1, -0.05) is 45.4 Å². The Hall–Kier alpha value is -2.26. The fraction of sp³-hybridized carbons (Fsp3) is 0.619. The highest BCUT2D eigenvalue weighted by Gasteiger charge is 2.57. The molecule has 0 bridgehead atoms. The number of esters is 2. The maximum Gasteiger partial charge on any atom is 0.425 e. The lowest BCUT2D eigenvalue weighted by Gasteiger charge is -2.22. The van der Waals surface area contributed by atoms with Crippen molar-refractivity contribution in [3.05, 3.63) is 35.4 Å². The van der Waals surface area contributed by atoms with E-state index in [-0.39, 0.29) is 17.7 Å². The van der Waals surface area contributed by atoms with Gasteiger partial charge in [-0.3, -0.25) is 0 Å². The first kappa shape index (κ1) is 26.8. The van der Waals surface area contributed by atoms with E-state index < -0.39 is 36.8 Å². The van der Waals surface area contributed by atoms with Crippen LogP contribution in [0.15, 0.2) is 24.3 Å². The first-order valence-electron chi connectivity index (χ1n) is 10.0. The first-order valence-corrected chi connectivity index (χ1v) is 10.0. The highest BCUT2D eigenvalue weighted by atomic mass is 19.4. The number of hydrogen-bond donors (Lipinski definition) is 0. The Morgan fingerprint density at radius 2 is 1.26 bits per heavy atom. The van der Waals surface area contributed by atoms with Crippen LogP contribution in [0.4, 0.5) is 26.3 Å². The second-order valence-corrected chi connectivity index (χ2v) is 7.08. The molecule has 0 aliphatic heterocycles. The smallest absolute Gasteiger partial charge is 0.425 e. The van der Waals surface area contributed by atoms with Crippen LogP contribution in [0.2, 0.25) is 0 Å². The molecule has 1 unspecified atom stereocenters. The van der Waals surface area contributed by atoms with Gasteiger partial charge in [0.05, 0.1) is 17.7 Å². The van der Waals surface area contributed by atoms with Gasteiger partial charge in [0.15, 0.2) is 6.61 Å². The van der Waals surface area contributed by atoms with Crippen LogP contribution in [0.3, 0.4) is 0 Å². The van der Waals surface area contributed by atoms with E-state index in [2.05, 4.69) is 11.7 Å². The van der Waals surface area contributed by atoms with Crippen molar-refractivity contribution in [2.75, 3.05) is 13.2 Å². The van der Waals surface area contributed by atoms with Crippen LogP contribution in [0, 0.1) is 0 Å². The van der Waals surface area contributed by atoms with E-state index in [0.29, 0.717) is 6.42 Å². The molecule has 0 saturated heterocycles. The molecule has 0 aliphatic rings. The van der Waals surface area contributed by atoms with E-state index in [0.717, 1.165) is 37.8 Å². The van der Waals surface area contributed by atoms with Crippen LogP contribution in [0.25, 0.3) is 0 Å². The molecule has 1 aromatic rings. The predicted molar refractivity (Wildman–Crippen MR) is 101 cm³/mol. The third-order valence-corrected chi connectivity index (χ3v) is 4.39. The van der Waals surface area contributed by atoms with Crippen molar-refractivity contribution in [2.45, 2.75) is 70.1 Å². The minimum atomic E-state index is -5.78. The molecule has 0 saturated carbocycles. The maximum absolute atomic E-state index is 13.2. The summed E-state index contributed by atoms with van der Waals surface area (Å²) in [6.45, 7) is 0.288. The molecule has 10 heteroatoms. The van der Waals surface area contributed by atoms with Gasteiger partial charge in [0.1, 0.15) is 0 Å². The van der Waals surface area contributed by atoms with E-state index in [1.54, 1.807) is 0 Å². The van der Waals surface area contributed by atoms with E-state index in [1.807, 2.05) is 0 Å². The largest absolute Gasteiger partial charge is 0.462 e. The number of carbonyl (C=O) groups is 2. The van der Waals surface area contributed by atoms with Crippen LogP contribution in [0.1, 0.15) is 72.6 Å². The first-order chi connectivity index (χ1) is 14.5. The average molecular weight is 456 g/mol. The Morgan fingerprint density at radius 3 is 1.74 bits per heavy atom. The molecule has 0 spiro atoms. The molecule has 4 nitrogen and oxygen atoms in total. The van der Waals surface area contributed by atoms with E-state index in [4.69, 9.17) is 4.74 Å². The van der Waals surface area contributed by atoms with E-state index >= 15 is 0 Å². The number of carbonyl (C=O) groups excluding carboxylic acids is 2. The molecule has 0 aromatic heterocycles. The van der Waals surface area contributed by atoms with Crippen molar-refractivity contribution in [1.29, 1.82) is 0 Å². The van der Waals surface area contributed by atoms with Crippen molar-refractivity contribution in [2.24, 2.45) is 0 Å². The molecule has 0 fully saturated rings. The third kappa shape index (κ3) is 9.61. The highest BCUT2D eigenvalue weighted by Crippen LogP contribution is 2.35. The highest BCUT2D eigenvalue weighted by molar-refractivity contribution is 5.93. The normalized spacial score (nSPS) is 13.0. The number of halogens is 6. The molecule has 1 rings (SSSR count). The molecular weight excluding hydrogens is 430 g/mol. The summed E-state index contributed by atoms with van der Waals surface area (Å²) in [6.07, 6.45) is -2.87. The molecule has 1 aromatic carbocycles. The minimum absolute atomic E-state index is 0.103. The zero-order chi connectivity index (χ0) is 23.5. The van der Waals surface area contributed by atoms with Crippen LogP contribution in [0.5, 0.6) is 0 Å². The lowest BCUT2D eigenvalue weighted by molar-refractivity contribution is -0.251. The zero-order valence-electron chi connectivity index (χ0n) is 17.2. The lowest BCUT2D eigenvalue weighted by atomic mass is 10.1. The topological polar surface area (TPSA) is 52.6 Å². The number of rotatable bonds is 13. The number of ether oxygens (including phenoxy) is 2. The van der Waals surface area contributed by atoms with E-state index in [1.165, 1.54) is 25.0 Å². The molecule has 0 heterocycles. The Balaban J connectivity index is 2.43. The summed E-state index contributed by atoms with van der Waals surface area (Å²) in [5.74, 6) is -6.94. The summed E-state index contributed by atoms with van der Waals surface area (Å²) in [7, 11) is 0. The van der Waals surface area contributed by atoms with Gasteiger partial charge in [-0.15, -0.1) is 0 Å². The molecule has 0 radical (unpaired) electrons. The minimum Gasteiger partial charge on any atom is -0.462 e. The SMILES string of the molecule is CCCCCCCCCOC(=O)c1ccc(C(=O)OCC(F)(F)C(F)C(F)(F)F)cc1. The van der Waals surface area contributed by atoms with Crippen molar-refractivity contribution in [1.82, 2.24) is 0 Å². The average Bonchev–Trinajstić information content (AvgIpc) is 2.72. The molecule has 176 valence electrons. The van der Waals surface area contributed by atoms with Crippen molar-refractivity contribution in [3.63, 3.8) is 0 Å². The second-order valence-electron chi connectivity index (χ2n) is 7.08. The molecule has 0 N–H and O–H groups in total. The third-order valence-electron chi connectivity index (χ3n) is 4.39. The Labute approximate surface area is 176 Å². The summed E-state index contributed by atoms with van der Waals surface area (Å²) in [5, 5.41) is 0. The Bertz CT molecular complexity index is 688. The van der Waals surface area contributed by atoms with Gasteiger partial charge in [0, 0.05) is 0 Å². The zero-order valence-corrected chi connectivity index (χ0v) is 17.2. The summed E-state index contributed by atoms with van der Waals surface area (Å²) in [4.78, 5) is 23.6. The summed E-state index contributed by atoms with van der Waals surface area (Å²) in [5.41, 5.74) is -0.187. The van der Waals surface area contributed by atoms with Gasteiger partial charge >= 0.3 is 24.0 Å². The van der Waals surface area contributed by atoms with Gasteiger partial charge in [0.25, 0.3) is 6.17 Å². The maximum atomic E-state index is 13.2. The molecular formula is C21H26F6O4. The molecule has 31 heavy (non-hydrogen) atoms. The fourth-order valence-electron chi connectivity index (χ4n) is 2.61. The summed E-state index contributed by atoms with van der Waals surface area (Å²) >= 11 is 0. The summed E-state index contributed by atoms with van der Waals surface area (Å²) in [6, 6.07) is 4.52. The number of unbranched alkanes of at least 4 members (excludes halogenated alkanes) is 6. The van der Waals surface area contributed by atoms with Gasteiger partial charge in [-0.05, 0) is 30.7 Å². The number of alkyl halides is 6. The monoisotopic (exact) mass is 456 g/mol. The van der Waals surface area contributed by atoms with Crippen LogP contribution in [-0.4, -0.2) is 43.4 Å². The van der Waals surface area contributed by atoms with Crippen molar-refractivity contribution in [3.8, 4) is 0 Å². The Kier molecular flexibility index (Phi) is 10.8. The van der Waals surface area contributed by atoms with Gasteiger partial charge < -0.3 is 9.47 Å². The molecule has 1 atom stereocenters. The second kappa shape index (κ2) is 12.6. The summed E-state index contributed by atoms with van der Waals surface area (Å²) < 4.78 is 84.5. The fourth-order valence-corrected chi connectivity index (χ4v) is 2.61. The quantitative estimate of drug-likeness (QED) is 0.199. The number of benzene rings is 1. The van der Waals surface area contributed by atoms with Crippen LogP contribution >= 0.6 is 0 Å². The molecule has 0 amide bonds. The van der Waals surface area contributed by atoms with Crippen LogP contribution < -0.4 is 0 Å². The van der Waals surface area contributed by atoms with Gasteiger partial charge in [-0.25, -0.2) is 14.0 Å². The number of hydrogen-bond acceptors (Lipinski definition) is 4. The lowest BCUT2D eigenvalue weighted by Crippen LogP contribution is -2.45. The van der Waals surface area contributed by atoms with Gasteiger partial charge in [-0.2, -0.15) is 22.0 Å². The molecule has 0 aliphatic carbocycles. The van der Waals surface area contributed by atoms with Gasteiger partial charge in [0.2, 0.25) is 0 Å². The van der Waals surface area contributed by atoms with Crippen molar-refractivity contribution < 1.29 is 45.4 Å². The van der Waals surface area contributed by atoms with E-state index in [9.17, 15) is 35.9 Å². The standard InChI is InChI=1S/C21H26F6O4/c1-2-3-4-5-6-7-8-13-30-17(28)15-9-11-16(12-10-15)18(29)31-14-20(23,24)19(22)21(25,26)27/h9-12,19H,2-8,13-14H2,1H3. The van der Waals surface area contributed by atoms with Crippen molar-refractivity contribution >= 4 is 11.9 Å². The predicted octanol–water partition coefficient (Wildman–Crippen LogP) is 6.29.